The normalized spacial score (nSPS) is 30.2. The summed E-state index contributed by atoms with van der Waals surface area (Å²) in [6.45, 7) is 2.73. The molecule has 1 saturated heterocycles. The zero-order valence-corrected chi connectivity index (χ0v) is 9.02. The molecular weight excluding hydrogens is 158 g/mol. The van der Waals surface area contributed by atoms with Crippen LogP contribution in [0.1, 0.15) is 51.4 Å². The quantitative estimate of drug-likeness (QED) is 0.555. The lowest BCUT2D eigenvalue weighted by molar-refractivity contribution is 0.214. The summed E-state index contributed by atoms with van der Waals surface area (Å²) >= 11 is 0. The monoisotopic (exact) mass is 181 g/mol. The highest BCUT2D eigenvalue weighted by Gasteiger charge is 2.35. The van der Waals surface area contributed by atoms with Gasteiger partial charge >= 0.3 is 0 Å². The van der Waals surface area contributed by atoms with Crippen molar-refractivity contribution in [2.75, 3.05) is 20.1 Å². The van der Waals surface area contributed by atoms with E-state index in [0.717, 1.165) is 5.41 Å². The molecule has 0 radical (unpaired) electrons. The van der Waals surface area contributed by atoms with Gasteiger partial charge in [0.2, 0.25) is 0 Å². The molecule has 2 rings (SSSR count). The Morgan fingerprint density at radius 1 is 0.846 bits per heavy atom. The molecule has 1 aliphatic heterocycles. The lowest BCUT2D eigenvalue weighted by Gasteiger charge is -2.30. The van der Waals surface area contributed by atoms with Crippen LogP contribution in [0.2, 0.25) is 0 Å². The third-order valence-corrected chi connectivity index (χ3v) is 4.04. The Kier molecular flexibility index (Phi) is 2.92. The molecule has 0 bridgehead atoms. The second-order valence-corrected chi connectivity index (χ2v) is 5.26. The fourth-order valence-corrected chi connectivity index (χ4v) is 3.22. The zero-order chi connectivity index (χ0) is 9.15. The molecule has 1 spiro atoms. The lowest BCUT2D eigenvalue weighted by atomic mass is 9.76. The molecule has 0 unspecified atom stereocenters. The molecule has 1 saturated carbocycles. The Labute approximate surface area is 82.5 Å². The van der Waals surface area contributed by atoms with Crippen molar-refractivity contribution in [2.24, 2.45) is 5.41 Å². The van der Waals surface area contributed by atoms with Gasteiger partial charge in [0.25, 0.3) is 0 Å². The average Bonchev–Trinajstić information content (AvgIpc) is 2.42. The van der Waals surface area contributed by atoms with Crippen molar-refractivity contribution in [1.82, 2.24) is 4.90 Å². The second-order valence-electron chi connectivity index (χ2n) is 5.26. The highest BCUT2D eigenvalue weighted by Crippen LogP contribution is 2.41. The second kappa shape index (κ2) is 4.00. The van der Waals surface area contributed by atoms with E-state index >= 15 is 0 Å². The molecule has 0 aromatic heterocycles. The molecule has 1 heterocycles. The van der Waals surface area contributed by atoms with Gasteiger partial charge in [0.1, 0.15) is 0 Å². The predicted octanol–water partition coefficient (Wildman–Crippen LogP) is 3.05. The molecule has 13 heavy (non-hydrogen) atoms. The summed E-state index contributed by atoms with van der Waals surface area (Å²) in [5.41, 5.74) is 0.745. The Morgan fingerprint density at radius 3 is 2.00 bits per heavy atom. The summed E-state index contributed by atoms with van der Waals surface area (Å²) in [6, 6.07) is 0. The third-order valence-electron chi connectivity index (χ3n) is 4.04. The van der Waals surface area contributed by atoms with Crippen LogP contribution in [0.4, 0.5) is 0 Å². The van der Waals surface area contributed by atoms with E-state index in [9.17, 15) is 0 Å². The molecule has 0 atom stereocenters. The molecule has 2 fully saturated rings. The van der Waals surface area contributed by atoms with E-state index in [1.165, 1.54) is 64.5 Å². The smallest absolute Gasteiger partial charge is 0.00354 e. The van der Waals surface area contributed by atoms with Gasteiger partial charge < -0.3 is 4.90 Å². The van der Waals surface area contributed by atoms with Crippen LogP contribution in [0, 0.1) is 5.41 Å². The minimum atomic E-state index is 0.745. The van der Waals surface area contributed by atoms with Crippen molar-refractivity contribution in [3.63, 3.8) is 0 Å². The first-order chi connectivity index (χ1) is 6.31. The first kappa shape index (κ1) is 9.51. The predicted molar refractivity (Wildman–Crippen MR) is 56.9 cm³/mol. The van der Waals surface area contributed by atoms with Gasteiger partial charge in [-0.15, -0.1) is 0 Å². The summed E-state index contributed by atoms with van der Waals surface area (Å²) in [5, 5.41) is 0. The van der Waals surface area contributed by atoms with Gasteiger partial charge in [-0.05, 0) is 38.3 Å². The van der Waals surface area contributed by atoms with Crippen molar-refractivity contribution in [3.05, 3.63) is 0 Å². The van der Waals surface area contributed by atoms with Gasteiger partial charge in [-0.2, -0.15) is 0 Å². The third kappa shape index (κ3) is 2.25. The molecule has 0 aromatic rings. The van der Waals surface area contributed by atoms with Crippen molar-refractivity contribution < 1.29 is 0 Å². The van der Waals surface area contributed by atoms with Crippen LogP contribution in [0.15, 0.2) is 0 Å². The number of likely N-dealkylation sites (tertiary alicyclic amines) is 1. The maximum Gasteiger partial charge on any atom is 0.00354 e. The van der Waals surface area contributed by atoms with Crippen LogP contribution in [-0.4, -0.2) is 25.0 Å². The summed E-state index contributed by atoms with van der Waals surface area (Å²) in [6.07, 6.45) is 12.0. The van der Waals surface area contributed by atoms with E-state index in [1.54, 1.807) is 0 Å². The van der Waals surface area contributed by atoms with Gasteiger partial charge in [0.05, 0.1) is 0 Å². The molecular formula is C12H23N. The molecule has 0 aromatic carbocycles. The number of nitrogens with zero attached hydrogens (tertiary/aromatic N) is 1. The van der Waals surface area contributed by atoms with Gasteiger partial charge in [-0.1, -0.05) is 32.1 Å². The number of hydrogen-bond acceptors (Lipinski definition) is 1. The molecule has 1 aliphatic carbocycles. The maximum atomic E-state index is 2.53. The van der Waals surface area contributed by atoms with Crippen LogP contribution in [0.3, 0.4) is 0 Å². The Bertz CT molecular complexity index is 157. The minimum absolute atomic E-state index is 0.745. The van der Waals surface area contributed by atoms with Crippen LogP contribution in [0.25, 0.3) is 0 Å². The van der Waals surface area contributed by atoms with Crippen molar-refractivity contribution in [1.29, 1.82) is 0 Å². The summed E-state index contributed by atoms with van der Waals surface area (Å²) < 4.78 is 0. The van der Waals surface area contributed by atoms with E-state index in [1.807, 2.05) is 0 Å². The minimum Gasteiger partial charge on any atom is -0.306 e. The molecule has 0 amide bonds. The van der Waals surface area contributed by atoms with E-state index < -0.39 is 0 Å². The van der Waals surface area contributed by atoms with Crippen LogP contribution in [-0.2, 0) is 0 Å². The molecule has 2 aliphatic rings. The van der Waals surface area contributed by atoms with Crippen molar-refractivity contribution >= 4 is 0 Å². The van der Waals surface area contributed by atoms with Gasteiger partial charge in [-0.3, -0.25) is 0 Å². The van der Waals surface area contributed by atoms with Crippen LogP contribution < -0.4 is 0 Å². The van der Waals surface area contributed by atoms with Gasteiger partial charge in [0.15, 0.2) is 0 Å². The largest absolute Gasteiger partial charge is 0.306 e. The van der Waals surface area contributed by atoms with E-state index in [0.29, 0.717) is 0 Å². The van der Waals surface area contributed by atoms with Crippen LogP contribution >= 0.6 is 0 Å². The van der Waals surface area contributed by atoms with E-state index in [2.05, 4.69) is 11.9 Å². The van der Waals surface area contributed by atoms with E-state index in [4.69, 9.17) is 0 Å². The lowest BCUT2D eigenvalue weighted by Crippen LogP contribution is -2.25. The maximum absolute atomic E-state index is 2.53. The number of rotatable bonds is 0. The Balaban J connectivity index is 1.94. The zero-order valence-electron chi connectivity index (χ0n) is 9.02. The highest BCUT2D eigenvalue weighted by atomic mass is 15.1. The van der Waals surface area contributed by atoms with Crippen molar-refractivity contribution in [2.45, 2.75) is 51.4 Å². The molecule has 1 nitrogen and oxygen atoms in total. The Hall–Kier alpha value is -0.0400. The van der Waals surface area contributed by atoms with E-state index in [-0.39, 0.29) is 0 Å². The first-order valence-corrected chi connectivity index (χ1v) is 5.99. The molecule has 1 heteroatoms. The summed E-state index contributed by atoms with van der Waals surface area (Å²) in [5.74, 6) is 0. The Morgan fingerprint density at radius 2 is 1.46 bits per heavy atom. The number of hydrogen-bond donors (Lipinski definition) is 0. The van der Waals surface area contributed by atoms with Crippen LogP contribution in [0.5, 0.6) is 0 Å². The van der Waals surface area contributed by atoms with Gasteiger partial charge in [0, 0.05) is 6.54 Å². The fraction of sp³-hybridized carbons (Fsp3) is 1.00. The summed E-state index contributed by atoms with van der Waals surface area (Å²) in [4.78, 5) is 2.53. The molecule has 76 valence electrons. The first-order valence-electron chi connectivity index (χ1n) is 5.99. The van der Waals surface area contributed by atoms with Gasteiger partial charge in [-0.25, -0.2) is 0 Å². The standard InChI is InChI=1S/C12H23N/c1-13-10-9-12(11-13)7-5-3-2-4-6-8-12/h2-11H2,1H3. The topological polar surface area (TPSA) is 3.24 Å². The SMILES string of the molecule is CN1CCC2(CCCCCCC2)C1. The molecule has 0 N–H and O–H groups in total. The highest BCUT2D eigenvalue weighted by molar-refractivity contribution is 4.89. The summed E-state index contributed by atoms with van der Waals surface area (Å²) in [7, 11) is 2.29. The average molecular weight is 181 g/mol. The van der Waals surface area contributed by atoms with Crippen molar-refractivity contribution in [3.8, 4) is 0 Å². The fourth-order valence-electron chi connectivity index (χ4n) is 3.22.